The van der Waals surface area contributed by atoms with Crippen LogP contribution >= 0.6 is 0 Å². The van der Waals surface area contributed by atoms with Gasteiger partial charge in [-0.1, -0.05) is 0 Å². The summed E-state index contributed by atoms with van der Waals surface area (Å²) >= 11 is 0. The molecule has 0 fully saturated rings. The largest absolute Gasteiger partial charge is 0.465 e. The Balaban J connectivity index is 2.13. The summed E-state index contributed by atoms with van der Waals surface area (Å²) in [4.78, 5) is 27.2. The molecule has 0 aliphatic rings. The van der Waals surface area contributed by atoms with Gasteiger partial charge >= 0.3 is 5.97 Å². The number of anilines is 2. The van der Waals surface area contributed by atoms with Gasteiger partial charge in [0.2, 0.25) is 0 Å². The van der Waals surface area contributed by atoms with Crippen molar-refractivity contribution in [3.05, 3.63) is 53.9 Å². The quantitative estimate of drug-likeness (QED) is 0.828. The van der Waals surface area contributed by atoms with Crippen molar-refractivity contribution in [1.29, 1.82) is 0 Å². The minimum Gasteiger partial charge on any atom is -0.465 e. The maximum absolute atomic E-state index is 12.0. The normalized spacial score (nSPS) is 9.85. The molecule has 1 aromatic heterocycles. The fraction of sp³-hybridized carbons (Fsp3) is 0.0714. The van der Waals surface area contributed by atoms with Crippen molar-refractivity contribution in [1.82, 2.24) is 4.98 Å². The zero-order chi connectivity index (χ0) is 14.5. The number of carbonyl (C=O) groups is 2. The molecule has 1 amide bonds. The lowest BCUT2D eigenvalue weighted by atomic mass is 10.2. The number of aromatic nitrogens is 1. The van der Waals surface area contributed by atoms with Gasteiger partial charge < -0.3 is 15.8 Å². The fourth-order valence-corrected chi connectivity index (χ4v) is 1.61. The molecular formula is C14H13N3O3. The molecule has 2 aromatic rings. The second-order valence-electron chi connectivity index (χ2n) is 3.96. The predicted molar refractivity (Wildman–Crippen MR) is 74.4 cm³/mol. The summed E-state index contributed by atoms with van der Waals surface area (Å²) in [7, 11) is 1.31. The van der Waals surface area contributed by atoms with Gasteiger partial charge in [0.1, 0.15) is 0 Å². The van der Waals surface area contributed by atoms with E-state index in [0.717, 1.165) is 0 Å². The Hall–Kier alpha value is -2.89. The van der Waals surface area contributed by atoms with Crippen LogP contribution in [0.5, 0.6) is 0 Å². The van der Waals surface area contributed by atoms with Crippen molar-refractivity contribution in [2.45, 2.75) is 0 Å². The van der Waals surface area contributed by atoms with Crippen LogP contribution < -0.4 is 11.1 Å². The van der Waals surface area contributed by atoms with E-state index >= 15 is 0 Å². The van der Waals surface area contributed by atoms with Crippen LogP contribution in [0.25, 0.3) is 0 Å². The molecule has 0 aliphatic carbocycles. The molecule has 0 bridgehead atoms. The highest BCUT2D eigenvalue weighted by Gasteiger charge is 2.11. The van der Waals surface area contributed by atoms with E-state index in [9.17, 15) is 9.59 Å². The van der Waals surface area contributed by atoms with E-state index in [0.29, 0.717) is 16.9 Å². The number of nitrogens with zero attached hydrogens (tertiary/aromatic N) is 1. The van der Waals surface area contributed by atoms with E-state index in [-0.39, 0.29) is 5.69 Å². The smallest absolute Gasteiger partial charge is 0.337 e. The van der Waals surface area contributed by atoms with Crippen molar-refractivity contribution in [2.24, 2.45) is 0 Å². The van der Waals surface area contributed by atoms with Crippen LogP contribution in [0.4, 0.5) is 11.4 Å². The average Bonchev–Trinajstić information content (AvgIpc) is 2.47. The third-order valence-corrected chi connectivity index (χ3v) is 2.62. The molecule has 0 saturated heterocycles. The van der Waals surface area contributed by atoms with Crippen LogP contribution in [0.1, 0.15) is 20.8 Å². The van der Waals surface area contributed by atoms with Gasteiger partial charge in [-0.05, 0) is 36.4 Å². The number of carbonyl (C=O) groups excluding carboxylic acids is 2. The molecule has 6 nitrogen and oxygen atoms in total. The number of amides is 1. The van der Waals surface area contributed by atoms with Crippen LogP contribution in [0.3, 0.4) is 0 Å². The molecular weight excluding hydrogens is 258 g/mol. The lowest BCUT2D eigenvalue weighted by Gasteiger charge is -2.07. The van der Waals surface area contributed by atoms with Crippen LogP contribution in [0.15, 0.2) is 42.6 Å². The minimum absolute atomic E-state index is 0.157. The number of esters is 1. The van der Waals surface area contributed by atoms with Gasteiger partial charge in [-0.2, -0.15) is 0 Å². The van der Waals surface area contributed by atoms with Gasteiger partial charge in [0, 0.05) is 11.9 Å². The Morgan fingerprint density at radius 2 is 1.90 bits per heavy atom. The number of rotatable bonds is 3. The summed E-state index contributed by atoms with van der Waals surface area (Å²) in [6, 6.07) is 9.57. The first kappa shape index (κ1) is 13.5. The predicted octanol–water partition coefficient (Wildman–Crippen LogP) is 1.70. The molecule has 0 spiro atoms. The minimum atomic E-state index is -0.433. The highest BCUT2D eigenvalue weighted by molar-refractivity contribution is 6.06. The van der Waals surface area contributed by atoms with E-state index in [1.165, 1.54) is 13.3 Å². The summed E-state index contributed by atoms with van der Waals surface area (Å²) < 4.78 is 4.59. The van der Waals surface area contributed by atoms with E-state index in [4.69, 9.17) is 5.73 Å². The van der Waals surface area contributed by atoms with Crippen molar-refractivity contribution in [2.75, 3.05) is 18.2 Å². The highest BCUT2D eigenvalue weighted by atomic mass is 16.5. The van der Waals surface area contributed by atoms with E-state index in [1.807, 2.05) is 0 Å². The van der Waals surface area contributed by atoms with E-state index in [2.05, 4.69) is 15.0 Å². The number of hydrogen-bond acceptors (Lipinski definition) is 5. The zero-order valence-corrected chi connectivity index (χ0v) is 10.8. The first-order valence-electron chi connectivity index (χ1n) is 5.82. The third-order valence-electron chi connectivity index (χ3n) is 2.62. The number of pyridine rings is 1. The molecule has 3 N–H and O–H groups in total. The number of nitrogens with two attached hydrogens (primary N) is 1. The van der Waals surface area contributed by atoms with Crippen LogP contribution in [-0.2, 0) is 4.74 Å². The molecule has 0 aliphatic heterocycles. The Labute approximate surface area is 115 Å². The highest BCUT2D eigenvalue weighted by Crippen LogP contribution is 2.13. The first-order valence-corrected chi connectivity index (χ1v) is 5.82. The molecule has 0 saturated carbocycles. The SMILES string of the molecule is COC(=O)c1ccc(NC(=O)c2ncccc2N)cc1. The number of nitrogens with one attached hydrogen (secondary N) is 1. The molecule has 1 heterocycles. The first-order chi connectivity index (χ1) is 9.61. The standard InChI is InChI=1S/C14H13N3O3/c1-20-14(19)9-4-6-10(7-5-9)17-13(18)12-11(15)3-2-8-16-12/h2-8H,15H2,1H3,(H,17,18). The molecule has 2 rings (SSSR count). The monoisotopic (exact) mass is 271 g/mol. The van der Waals surface area contributed by atoms with E-state index in [1.54, 1.807) is 36.4 Å². The van der Waals surface area contributed by atoms with Gasteiger partial charge in [-0.3, -0.25) is 4.79 Å². The molecule has 1 aromatic carbocycles. The number of methoxy groups -OCH3 is 1. The molecule has 0 unspecified atom stereocenters. The number of ether oxygens (including phenoxy) is 1. The van der Waals surface area contributed by atoms with Crippen molar-refractivity contribution in [3.63, 3.8) is 0 Å². The van der Waals surface area contributed by atoms with Gasteiger partial charge in [0.15, 0.2) is 5.69 Å². The Bertz CT molecular complexity index is 638. The van der Waals surface area contributed by atoms with Gasteiger partial charge in [-0.15, -0.1) is 0 Å². The summed E-state index contributed by atoms with van der Waals surface area (Å²) in [6.45, 7) is 0. The van der Waals surface area contributed by atoms with Gasteiger partial charge in [0.05, 0.1) is 18.4 Å². The number of nitrogen functional groups attached to an aromatic ring is 1. The Morgan fingerprint density at radius 3 is 2.50 bits per heavy atom. The maximum Gasteiger partial charge on any atom is 0.337 e. The topological polar surface area (TPSA) is 94.3 Å². The Morgan fingerprint density at radius 1 is 1.20 bits per heavy atom. The van der Waals surface area contributed by atoms with Crippen LogP contribution in [-0.4, -0.2) is 24.0 Å². The third kappa shape index (κ3) is 2.92. The van der Waals surface area contributed by atoms with Crippen LogP contribution in [0, 0.1) is 0 Å². The van der Waals surface area contributed by atoms with Crippen LogP contribution in [0.2, 0.25) is 0 Å². The summed E-state index contributed by atoms with van der Waals surface area (Å²) in [5.41, 5.74) is 7.07. The van der Waals surface area contributed by atoms with Crippen molar-refractivity contribution in [3.8, 4) is 0 Å². The van der Waals surface area contributed by atoms with Crippen molar-refractivity contribution >= 4 is 23.3 Å². The zero-order valence-electron chi connectivity index (χ0n) is 10.8. The lowest BCUT2D eigenvalue weighted by molar-refractivity contribution is 0.0600. The molecule has 0 atom stereocenters. The molecule has 6 heteroatoms. The summed E-state index contributed by atoms with van der Waals surface area (Å²) in [6.07, 6.45) is 1.49. The second-order valence-corrected chi connectivity index (χ2v) is 3.96. The fourth-order valence-electron chi connectivity index (χ4n) is 1.61. The molecule has 20 heavy (non-hydrogen) atoms. The number of benzene rings is 1. The second kappa shape index (κ2) is 5.83. The van der Waals surface area contributed by atoms with Gasteiger partial charge in [0.25, 0.3) is 5.91 Å². The Kier molecular flexibility index (Phi) is 3.95. The molecule has 0 radical (unpaired) electrons. The lowest BCUT2D eigenvalue weighted by Crippen LogP contribution is -2.15. The molecule has 102 valence electrons. The average molecular weight is 271 g/mol. The maximum atomic E-state index is 12.0. The van der Waals surface area contributed by atoms with Gasteiger partial charge in [-0.25, -0.2) is 9.78 Å². The summed E-state index contributed by atoms with van der Waals surface area (Å²) in [5, 5.41) is 2.65. The van der Waals surface area contributed by atoms with Crippen molar-refractivity contribution < 1.29 is 14.3 Å². The summed E-state index contributed by atoms with van der Waals surface area (Å²) in [5.74, 6) is -0.842. The number of hydrogen-bond donors (Lipinski definition) is 2. The van der Waals surface area contributed by atoms with E-state index < -0.39 is 11.9 Å².